The molecule has 132 valence electrons. The van der Waals surface area contributed by atoms with Crippen LogP contribution in [0.2, 0.25) is 0 Å². The summed E-state index contributed by atoms with van der Waals surface area (Å²) in [4.78, 5) is 13.2. The summed E-state index contributed by atoms with van der Waals surface area (Å²) >= 11 is 0. The van der Waals surface area contributed by atoms with Gasteiger partial charge >= 0.3 is 5.69 Å². The van der Waals surface area contributed by atoms with Gasteiger partial charge in [-0.25, -0.2) is 0 Å². The molecule has 1 aliphatic heterocycles. The Kier molecular flexibility index (Phi) is 10.1. The lowest BCUT2D eigenvalue weighted by molar-refractivity contribution is -0.385. The molecule has 1 N–H and O–H groups in total. The number of halogens is 2. The van der Waals surface area contributed by atoms with Crippen molar-refractivity contribution in [3.63, 3.8) is 0 Å². The second-order valence-electron chi connectivity index (χ2n) is 5.28. The van der Waals surface area contributed by atoms with E-state index >= 15 is 0 Å². The van der Waals surface area contributed by atoms with E-state index in [2.05, 4.69) is 17.1 Å². The molecular weight excluding hydrogens is 341 g/mol. The van der Waals surface area contributed by atoms with Crippen LogP contribution >= 0.6 is 24.8 Å². The van der Waals surface area contributed by atoms with E-state index in [1.807, 2.05) is 6.07 Å². The maximum Gasteiger partial charge on any atom is 0.311 e. The largest absolute Gasteiger partial charge is 0.490 e. The standard InChI is InChI=1S/C15H23N3O3.2ClH/c1-3-4-13(17-9-7-16-8-10-17)12-5-6-15(21-2)14(11-12)18(19)20;;/h5-6,11,13,16H,3-4,7-10H2,1-2H3;2*1H/t13-;;/m1../s1. The fourth-order valence-corrected chi connectivity index (χ4v) is 2.88. The monoisotopic (exact) mass is 365 g/mol. The topological polar surface area (TPSA) is 67.6 Å². The van der Waals surface area contributed by atoms with Crippen LogP contribution in [-0.2, 0) is 0 Å². The minimum absolute atomic E-state index is 0. The summed E-state index contributed by atoms with van der Waals surface area (Å²) in [7, 11) is 1.46. The van der Waals surface area contributed by atoms with Crippen molar-refractivity contribution in [2.24, 2.45) is 0 Å². The van der Waals surface area contributed by atoms with Crippen LogP contribution in [0.1, 0.15) is 31.4 Å². The highest BCUT2D eigenvalue weighted by Gasteiger charge is 2.24. The van der Waals surface area contributed by atoms with Crippen molar-refractivity contribution < 1.29 is 9.66 Å². The molecule has 1 aliphatic rings. The van der Waals surface area contributed by atoms with Gasteiger partial charge in [0, 0.05) is 38.3 Å². The van der Waals surface area contributed by atoms with Crippen LogP contribution in [0.15, 0.2) is 18.2 Å². The smallest absolute Gasteiger partial charge is 0.311 e. The average Bonchev–Trinajstić information content (AvgIpc) is 2.52. The Balaban J connectivity index is 0.00000242. The number of piperazine rings is 1. The van der Waals surface area contributed by atoms with Crippen molar-refractivity contribution in [1.82, 2.24) is 10.2 Å². The number of methoxy groups -OCH3 is 1. The zero-order valence-electron chi connectivity index (χ0n) is 13.5. The molecule has 1 atom stereocenters. The first-order valence-corrected chi connectivity index (χ1v) is 7.44. The molecule has 1 aromatic rings. The Morgan fingerprint density at radius 2 is 2.00 bits per heavy atom. The fourth-order valence-electron chi connectivity index (χ4n) is 2.88. The SMILES string of the molecule is CCC[C@H](c1ccc(OC)c([N+](=O)[O-])c1)N1CCNCC1.Cl.Cl. The van der Waals surface area contributed by atoms with Crippen LogP contribution < -0.4 is 10.1 Å². The molecule has 1 fully saturated rings. The summed E-state index contributed by atoms with van der Waals surface area (Å²) in [5.74, 6) is 0.319. The van der Waals surface area contributed by atoms with Crippen molar-refractivity contribution in [1.29, 1.82) is 0 Å². The van der Waals surface area contributed by atoms with Gasteiger partial charge in [0.15, 0.2) is 5.75 Å². The van der Waals surface area contributed by atoms with E-state index < -0.39 is 0 Å². The summed E-state index contributed by atoms with van der Waals surface area (Å²) in [5.41, 5.74) is 1.05. The number of rotatable bonds is 6. The molecule has 1 saturated heterocycles. The van der Waals surface area contributed by atoms with Gasteiger partial charge in [-0.1, -0.05) is 19.4 Å². The number of hydrogen-bond donors (Lipinski definition) is 1. The Bertz CT molecular complexity index is 497. The highest BCUT2D eigenvalue weighted by molar-refractivity contribution is 5.85. The van der Waals surface area contributed by atoms with Gasteiger partial charge in [-0.2, -0.15) is 0 Å². The maximum absolute atomic E-state index is 11.2. The Morgan fingerprint density at radius 3 is 2.52 bits per heavy atom. The van der Waals surface area contributed by atoms with Gasteiger partial charge < -0.3 is 10.1 Å². The van der Waals surface area contributed by atoms with Gasteiger partial charge in [-0.15, -0.1) is 24.8 Å². The molecule has 0 unspecified atom stereocenters. The molecule has 23 heavy (non-hydrogen) atoms. The lowest BCUT2D eigenvalue weighted by Gasteiger charge is -2.35. The van der Waals surface area contributed by atoms with Crippen LogP contribution in [0.5, 0.6) is 5.75 Å². The van der Waals surface area contributed by atoms with E-state index in [9.17, 15) is 10.1 Å². The molecule has 8 heteroatoms. The number of nitro benzene ring substituents is 1. The first-order valence-electron chi connectivity index (χ1n) is 7.44. The molecule has 1 heterocycles. The van der Waals surface area contributed by atoms with Crippen molar-refractivity contribution in [2.45, 2.75) is 25.8 Å². The number of nitrogens with one attached hydrogen (secondary N) is 1. The molecule has 0 bridgehead atoms. The number of nitro groups is 1. The molecule has 0 aromatic heterocycles. The minimum Gasteiger partial charge on any atom is -0.490 e. The van der Waals surface area contributed by atoms with Crippen molar-refractivity contribution in [2.75, 3.05) is 33.3 Å². The van der Waals surface area contributed by atoms with Crippen molar-refractivity contribution in [3.05, 3.63) is 33.9 Å². The zero-order chi connectivity index (χ0) is 15.2. The summed E-state index contributed by atoms with van der Waals surface area (Å²) in [6, 6.07) is 5.56. The third-order valence-electron chi connectivity index (χ3n) is 3.94. The molecule has 0 spiro atoms. The Hall–Kier alpha value is -1.08. The van der Waals surface area contributed by atoms with Gasteiger partial charge in [0.05, 0.1) is 12.0 Å². The molecule has 0 aliphatic carbocycles. The van der Waals surface area contributed by atoms with Crippen LogP contribution in [0, 0.1) is 10.1 Å². The molecule has 6 nitrogen and oxygen atoms in total. The van der Waals surface area contributed by atoms with Gasteiger partial charge in [-0.3, -0.25) is 15.0 Å². The maximum atomic E-state index is 11.2. The van der Waals surface area contributed by atoms with Gasteiger partial charge in [0.1, 0.15) is 0 Å². The number of hydrogen-bond acceptors (Lipinski definition) is 5. The summed E-state index contributed by atoms with van der Waals surface area (Å²) in [5, 5.41) is 14.5. The minimum atomic E-state index is -0.372. The number of ether oxygens (including phenoxy) is 1. The highest BCUT2D eigenvalue weighted by Crippen LogP contribution is 2.33. The Labute approximate surface area is 149 Å². The Morgan fingerprint density at radius 1 is 1.35 bits per heavy atom. The first kappa shape index (κ1) is 21.9. The lowest BCUT2D eigenvalue weighted by atomic mass is 9.99. The first-order chi connectivity index (χ1) is 10.2. The van der Waals surface area contributed by atoms with E-state index in [0.717, 1.165) is 44.6 Å². The molecule has 0 amide bonds. The molecule has 0 radical (unpaired) electrons. The van der Waals surface area contributed by atoms with E-state index in [-0.39, 0.29) is 41.5 Å². The number of nitrogens with zero attached hydrogens (tertiary/aromatic N) is 2. The second-order valence-corrected chi connectivity index (χ2v) is 5.28. The van der Waals surface area contributed by atoms with Crippen molar-refractivity contribution in [3.8, 4) is 5.75 Å². The van der Waals surface area contributed by atoms with Gasteiger partial charge in [-0.05, 0) is 18.1 Å². The van der Waals surface area contributed by atoms with E-state index in [1.54, 1.807) is 12.1 Å². The van der Waals surface area contributed by atoms with E-state index in [4.69, 9.17) is 4.74 Å². The van der Waals surface area contributed by atoms with Gasteiger partial charge in [0.25, 0.3) is 0 Å². The zero-order valence-corrected chi connectivity index (χ0v) is 15.1. The summed E-state index contributed by atoms with van der Waals surface area (Å²) in [6.07, 6.45) is 2.05. The van der Waals surface area contributed by atoms with Crippen LogP contribution in [0.25, 0.3) is 0 Å². The quantitative estimate of drug-likeness (QED) is 0.619. The second kappa shape index (κ2) is 10.6. The summed E-state index contributed by atoms with van der Waals surface area (Å²) < 4.78 is 5.08. The van der Waals surface area contributed by atoms with Gasteiger partial charge in [0.2, 0.25) is 0 Å². The lowest BCUT2D eigenvalue weighted by Crippen LogP contribution is -2.45. The summed E-state index contributed by atoms with van der Waals surface area (Å²) in [6.45, 7) is 6.04. The normalized spacial score (nSPS) is 15.9. The van der Waals surface area contributed by atoms with E-state index in [1.165, 1.54) is 7.11 Å². The highest BCUT2D eigenvalue weighted by atomic mass is 35.5. The third kappa shape index (κ3) is 5.49. The van der Waals surface area contributed by atoms with Crippen LogP contribution in [0.3, 0.4) is 0 Å². The van der Waals surface area contributed by atoms with Crippen molar-refractivity contribution >= 4 is 30.5 Å². The molecular formula is C15H25Cl2N3O3. The predicted octanol–water partition coefficient (Wildman–Crippen LogP) is 3.19. The molecule has 0 saturated carbocycles. The van der Waals surface area contributed by atoms with E-state index in [0.29, 0.717) is 5.75 Å². The predicted molar refractivity (Wildman–Crippen MR) is 96.2 cm³/mol. The van der Waals surface area contributed by atoms with Crippen LogP contribution in [-0.4, -0.2) is 43.1 Å². The van der Waals surface area contributed by atoms with Crippen LogP contribution in [0.4, 0.5) is 5.69 Å². The number of benzene rings is 1. The fraction of sp³-hybridized carbons (Fsp3) is 0.600. The third-order valence-corrected chi connectivity index (χ3v) is 3.94. The molecule has 2 rings (SSSR count). The average molecular weight is 366 g/mol. The molecule has 1 aromatic carbocycles.